The summed E-state index contributed by atoms with van der Waals surface area (Å²) in [5.41, 5.74) is 5.61. The standard InChI is InChI=1S/C21H24O3.C6H15N/c1-6-14(2)16(4)20-13-19(10-7-15(20)3)24-18-11-8-17(9-12-18)21(22)23-5;1-4-5-6-7(2)3/h7-13H,6H2,1-5H3;4-6H2,1-3H3/b16-14-;. The molecule has 0 aromatic heterocycles. The zero-order valence-electron chi connectivity index (χ0n) is 20.5. The second-order valence-electron chi connectivity index (χ2n) is 8.01. The Kier molecular flexibility index (Phi) is 11.7. The van der Waals surface area contributed by atoms with Crippen molar-refractivity contribution in [2.75, 3.05) is 27.7 Å². The average molecular weight is 426 g/mol. The Morgan fingerprint density at radius 3 is 2.06 bits per heavy atom. The van der Waals surface area contributed by atoms with Crippen LogP contribution in [0.3, 0.4) is 0 Å². The summed E-state index contributed by atoms with van der Waals surface area (Å²) >= 11 is 0. The third-order valence-electron chi connectivity index (χ3n) is 5.25. The van der Waals surface area contributed by atoms with Crippen molar-refractivity contribution in [1.29, 1.82) is 0 Å². The summed E-state index contributed by atoms with van der Waals surface area (Å²) in [6.07, 6.45) is 3.66. The molecule has 31 heavy (non-hydrogen) atoms. The number of hydrogen-bond donors (Lipinski definition) is 0. The van der Waals surface area contributed by atoms with Crippen molar-refractivity contribution in [3.05, 3.63) is 64.7 Å². The second-order valence-corrected chi connectivity index (χ2v) is 8.01. The van der Waals surface area contributed by atoms with Crippen LogP contribution in [0.1, 0.15) is 68.4 Å². The molecule has 0 N–H and O–H groups in total. The molecule has 0 aliphatic heterocycles. The molecule has 0 radical (unpaired) electrons. The second kappa shape index (κ2) is 13.7. The lowest BCUT2D eigenvalue weighted by Crippen LogP contribution is -2.12. The van der Waals surface area contributed by atoms with Gasteiger partial charge in [-0.05, 0) is 107 Å². The maximum atomic E-state index is 11.5. The third kappa shape index (κ3) is 8.97. The summed E-state index contributed by atoms with van der Waals surface area (Å²) in [6.45, 7) is 12.0. The first kappa shape index (κ1) is 26.4. The van der Waals surface area contributed by atoms with Gasteiger partial charge in [-0.15, -0.1) is 0 Å². The van der Waals surface area contributed by atoms with Crippen LogP contribution in [0.25, 0.3) is 5.57 Å². The van der Waals surface area contributed by atoms with E-state index in [1.54, 1.807) is 24.3 Å². The van der Waals surface area contributed by atoms with E-state index in [0.29, 0.717) is 11.3 Å². The number of allylic oxidation sites excluding steroid dienone is 2. The Bertz CT molecular complexity index is 851. The van der Waals surface area contributed by atoms with Gasteiger partial charge < -0.3 is 14.4 Å². The number of esters is 1. The van der Waals surface area contributed by atoms with Crippen LogP contribution >= 0.6 is 0 Å². The van der Waals surface area contributed by atoms with E-state index in [1.807, 2.05) is 6.07 Å². The van der Waals surface area contributed by atoms with Gasteiger partial charge in [0.05, 0.1) is 12.7 Å². The topological polar surface area (TPSA) is 38.8 Å². The Balaban J connectivity index is 0.000000592. The maximum absolute atomic E-state index is 11.5. The number of unbranched alkanes of at least 4 members (excludes halogenated alkanes) is 1. The van der Waals surface area contributed by atoms with Gasteiger partial charge in [-0.2, -0.15) is 0 Å². The highest BCUT2D eigenvalue weighted by molar-refractivity contribution is 5.89. The van der Waals surface area contributed by atoms with Crippen molar-refractivity contribution < 1.29 is 14.3 Å². The molecular weight excluding hydrogens is 386 g/mol. The van der Waals surface area contributed by atoms with Gasteiger partial charge in [0, 0.05) is 0 Å². The van der Waals surface area contributed by atoms with Gasteiger partial charge in [0.2, 0.25) is 0 Å². The zero-order valence-corrected chi connectivity index (χ0v) is 20.5. The smallest absolute Gasteiger partial charge is 0.337 e. The molecule has 2 aromatic carbocycles. The molecular formula is C27H39NO3. The van der Waals surface area contributed by atoms with E-state index >= 15 is 0 Å². The van der Waals surface area contributed by atoms with Crippen LogP contribution in [-0.2, 0) is 4.74 Å². The summed E-state index contributed by atoms with van der Waals surface area (Å²) in [7, 11) is 5.58. The van der Waals surface area contributed by atoms with E-state index in [4.69, 9.17) is 9.47 Å². The summed E-state index contributed by atoms with van der Waals surface area (Å²) < 4.78 is 10.6. The molecule has 0 fully saturated rings. The molecule has 0 aliphatic carbocycles. The number of methoxy groups -OCH3 is 1. The van der Waals surface area contributed by atoms with Gasteiger partial charge in [0.15, 0.2) is 0 Å². The number of carbonyl (C=O) groups is 1. The van der Waals surface area contributed by atoms with Gasteiger partial charge in [-0.1, -0.05) is 31.9 Å². The number of nitrogens with zero attached hydrogens (tertiary/aromatic N) is 1. The minimum absolute atomic E-state index is 0.352. The van der Waals surface area contributed by atoms with Crippen LogP contribution in [0.4, 0.5) is 0 Å². The molecule has 0 saturated heterocycles. The molecule has 0 aliphatic rings. The number of rotatable bonds is 8. The van der Waals surface area contributed by atoms with Gasteiger partial charge in [0.1, 0.15) is 11.5 Å². The number of aryl methyl sites for hydroxylation is 1. The molecule has 4 nitrogen and oxygen atoms in total. The quantitative estimate of drug-likeness (QED) is 0.422. The van der Waals surface area contributed by atoms with Crippen molar-refractivity contribution in [3.8, 4) is 11.5 Å². The van der Waals surface area contributed by atoms with Crippen LogP contribution in [0, 0.1) is 6.92 Å². The average Bonchev–Trinajstić information content (AvgIpc) is 2.78. The fraction of sp³-hybridized carbons (Fsp3) is 0.444. The largest absolute Gasteiger partial charge is 0.465 e. The van der Waals surface area contributed by atoms with E-state index in [9.17, 15) is 4.79 Å². The predicted molar refractivity (Wildman–Crippen MR) is 131 cm³/mol. The zero-order chi connectivity index (χ0) is 23.4. The molecule has 2 rings (SSSR count). The summed E-state index contributed by atoms with van der Waals surface area (Å²) in [6, 6.07) is 13.0. The SMILES string of the molecule is CC/C(C)=C(/C)c1cc(Oc2ccc(C(=O)OC)cc2)ccc1C.CCCCN(C)C. The minimum atomic E-state index is -0.352. The maximum Gasteiger partial charge on any atom is 0.337 e. The molecule has 0 amide bonds. The first-order valence-electron chi connectivity index (χ1n) is 11.0. The number of hydrogen-bond acceptors (Lipinski definition) is 4. The molecule has 0 spiro atoms. The Morgan fingerprint density at radius 1 is 0.968 bits per heavy atom. The molecule has 0 heterocycles. The minimum Gasteiger partial charge on any atom is -0.465 e. The highest BCUT2D eigenvalue weighted by Gasteiger charge is 2.08. The van der Waals surface area contributed by atoms with Crippen LogP contribution in [0.2, 0.25) is 0 Å². The highest BCUT2D eigenvalue weighted by atomic mass is 16.5. The molecule has 0 atom stereocenters. The van der Waals surface area contributed by atoms with Crippen LogP contribution in [-0.4, -0.2) is 38.6 Å². The molecule has 0 bridgehead atoms. The van der Waals surface area contributed by atoms with E-state index < -0.39 is 0 Å². The number of benzene rings is 2. The van der Waals surface area contributed by atoms with Crippen molar-refractivity contribution in [3.63, 3.8) is 0 Å². The van der Waals surface area contributed by atoms with E-state index in [2.05, 4.69) is 65.7 Å². The van der Waals surface area contributed by atoms with Crippen LogP contribution in [0.15, 0.2) is 48.0 Å². The van der Waals surface area contributed by atoms with Crippen LogP contribution < -0.4 is 4.74 Å². The highest BCUT2D eigenvalue weighted by Crippen LogP contribution is 2.29. The lowest BCUT2D eigenvalue weighted by Gasteiger charge is -2.13. The normalized spacial score (nSPS) is 11.4. The van der Waals surface area contributed by atoms with Gasteiger partial charge in [-0.3, -0.25) is 0 Å². The van der Waals surface area contributed by atoms with Gasteiger partial charge >= 0.3 is 5.97 Å². The lowest BCUT2D eigenvalue weighted by atomic mass is 9.96. The molecule has 170 valence electrons. The van der Waals surface area contributed by atoms with Gasteiger partial charge in [0.25, 0.3) is 0 Å². The monoisotopic (exact) mass is 425 g/mol. The summed E-state index contributed by atoms with van der Waals surface area (Å²) in [5.74, 6) is 1.12. The number of carbonyl (C=O) groups excluding carboxylic acids is 1. The first-order chi connectivity index (χ1) is 14.7. The third-order valence-corrected chi connectivity index (χ3v) is 5.25. The van der Waals surface area contributed by atoms with E-state index in [-0.39, 0.29) is 5.97 Å². The van der Waals surface area contributed by atoms with Crippen molar-refractivity contribution in [2.24, 2.45) is 0 Å². The summed E-state index contributed by atoms with van der Waals surface area (Å²) in [4.78, 5) is 13.7. The van der Waals surface area contributed by atoms with Crippen LogP contribution in [0.5, 0.6) is 11.5 Å². The summed E-state index contributed by atoms with van der Waals surface area (Å²) in [5, 5.41) is 0. The molecule has 0 saturated carbocycles. The van der Waals surface area contributed by atoms with Crippen molar-refractivity contribution in [2.45, 2.75) is 53.9 Å². The van der Waals surface area contributed by atoms with Crippen molar-refractivity contribution >= 4 is 11.5 Å². The van der Waals surface area contributed by atoms with Crippen molar-refractivity contribution in [1.82, 2.24) is 4.90 Å². The van der Waals surface area contributed by atoms with E-state index in [0.717, 1.165) is 12.2 Å². The van der Waals surface area contributed by atoms with Gasteiger partial charge in [-0.25, -0.2) is 4.79 Å². The fourth-order valence-electron chi connectivity index (χ4n) is 2.95. The molecule has 0 unspecified atom stereocenters. The van der Waals surface area contributed by atoms with E-state index in [1.165, 1.54) is 48.8 Å². The lowest BCUT2D eigenvalue weighted by molar-refractivity contribution is 0.0600. The Hall–Kier alpha value is -2.59. The number of ether oxygens (including phenoxy) is 2. The molecule has 4 heteroatoms. The Labute approximate surface area is 188 Å². The molecule has 2 aromatic rings. The first-order valence-corrected chi connectivity index (χ1v) is 11.0. The Morgan fingerprint density at radius 2 is 1.58 bits per heavy atom. The fourth-order valence-corrected chi connectivity index (χ4v) is 2.95. The predicted octanol–water partition coefficient (Wildman–Crippen LogP) is 7.13.